The first-order valence-corrected chi connectivity index (χ1v) is 11.8. The molecule has 1 amide bonds. The quantitative estimate of drug-likeness (QED) is 0.597. The fourth-order valence-corrected chi connectivity index (χ4v) is 5.23. The predicted molar refractivity (Wildman–Crippen MR) is 116 cm³/mol. The van der Waals surface area contributed by atoms with Crippen LogP contribution in [0.3, 0.4) is 0 Å². The van der Waals surface area contributed by atoms with Gasteiger partial charge in [0.25, 0.3) is 5.91 Å². The lowest BCUT2D eigenvalue weighted by molar-refractivity contribution is 0.0691. The molecule has 1 fully saturated rings. The first-order chi connectivity index (χ1) is 15.5. The van der Waals surface area contributed by atoms with Crippen molar-refractivity contribution in [2.24, 2.45) is 0 Å². The predicted octanol–water partition coefficient (Wildman–Crippen LogP) is 1.79. The molecule has 0 unspecified atom stereocenters. The van der Waals surface area contributed by atoms with E-state index in [1.165, 1.54) is 16.4 Å². The Labute approximate surface area is 185 Å². The van der Waals surface area contributed by atoms with E-state index in [-0.39, 0.29) is 23.9 Å². The highest BCUT2D eigenvalue weighted by Crippen LogP contribution is 2.33. The monoisotopic (exact) mass is 454 g/mol. The SMILES string of the molecule is O=C(c1ccn(-c2ccccc2)n1)N1CCN(S(=O)(=O)c2ccc3c(c2)OCCO3)CC1. The van der Waals surface area contributed by atoms with E-state index in [1.807, 2.05) is 30.3 Å². The second kappa shape index (κ2) is 8.29. The molecule has 0 radical (unpaired) electrons. The molecule has 2 aliphatic heterocycles. The normalized spacial score (nSPS) is 16.7. The summed E-state index contributed by atoms with van der Waals surface area (Å²) in [6.45, 7) is 1.83. The number of carbonyl (C=O) groups is 1. The van der Waals surface area contributed by atoms with Crippen LogP contribution in [0.15, 0.2) is 65.7 Å². The summed E-state index contributed by atoms with van der Waals surface area (Å²) in [5.74, 6) is 0.761. The fraction of sp³-hybridized carbons (Fsp3) is 0.273. The fourth-order valence-electron chi connectivity index (χ4n) is 3.79. The van der Waals surface area contributed by atoms with Crippen LogP contribution in [-0.4, -0.2) is 72.7 Å². The van der Waals surface area contributed by atoms with Gasteiger partial charge in [0.05, 0.1) is 10.6 Å². The molecule has 1 aromatic heterocycles. The maximum absolute atomic E-state index is 13.1. The lowest BCUT2D eigenvalue weighted by Gasteiger charge is -2.33. The van der Waals surface area contributed by atoms with Gasteiger partial charge in [-0.25, -0.2) is 13.1 Å². The second-order valence-corrected chi connectivity index (χ2v) is 9.42. The molecular formula is C22H22N4O5S. The summed E-state index contributed by atoms with van der Waals surface area (Å²) in [7, 11) is -3.70. The molecule has 5 rings (SSSR count). The number of para-hydroxylation sites is 1. The highest BCUT2D eigenvalue weighted by molar-refractivity contribution is 7.89. The summed E-state index contributed by atoms with van der Waals surface area (Å²) in [6.07, 6.45) is 1.74. The molecule has 3 heterocycles. The van der Waals surface area contributed by atoms with E-state index in [9.17, 15) is 13.2 Å². The number of fused-ring (bicyclic) bond motifs is 1. The zero-order valence-electron chi connectivity index (χ0n) is 17.3. The van der Waals surface area contributed by atoms with Gasteiger partial charge in [0.1, 0.15) is 13.2 Å². The number of hydrogen-bond donors (Lipinski definition) is 0. The number of benzene rings is 2. The molecular weight excluding hydrogens is 432 g/mol. The minimum absolute atomic E-state index is 0.156. The topological polar surface area (TPSA) is 94.0 Å². The van der Waals surface area contributed by atoms with E-state index < -0.39 is 10.0 Å². The second-order valence-electron chi connectivity index (χ2n) is 7.48. The molecule has 0 N–H and O–H groups in total. The Bertz CT molecular complexity index is 1230. The van der Waals surface area contributed by atoms with Crippen LogP contribution in [0.4, 0.5) is 0 Å². The third kappa shape index (κ3) is 3.82. The molecule has 3 aromatic rings. The number of rotatable bonds is 4. The van der Waals surface area contributed by atoms with Gasteiger partial charge in [0.15, 0.2) is 17.2 Å². The summed E-state index contributed by atoms with van der Waals surface area (Å²) < 4.78 is 40.2. The Kier molecular flexibility index (Phi) is 5.32. The van der Waals surface area contributed by atoms with Crippen molar-refractivity contribution in [1.29, 1.82) is 0 Å². The molecule has 2 aromatic carbocycles. The zero-order chi connectivity index (χ0) is 22.1. The van der Waals surface area contributed by atoms with Crippen LogP contribution in [0.1, 0.15) is 10.5 Å². The van der Waals surface area contributed by atoms with Crippen molar-refractivity contribution in [3.05, 3.63) is 66.5 Å². The zero-order valence-corrected chi connectivity index (χ0v) is 18.1. The number of sulfonamides is 1. The maximum Gasteiger partial charge on any atom is 0.274 e. The van der Waals surface area contributed by atoms with Crippen LogP contribution < -0.4 is 9.47 Å². The van der Waals surface area contributed by atoms with Gasteiger partial charge in [-0.3, -0.25) is 4.79 Å². The molecule has 0 spiro atoms. The Morgan fingerprint density at radius 2 is 1.59 bits per heavy atom. The molecule has 0 saturated carbocycles. The number of amides is 1. The van der Waals surface area contributed by atoms with Gasteiger partial charge in [-0.05, 0) is 30.3 Å². The summed E-state index contributed by atoms with van der Waals surface area (Å²) >= 11 is 0. The smallest absolute Gasteiger partial charge is 0.274 e. The maximum atomic E-state index is 13.1. The van der Waals surface area contributed by atoms with E-state index in [0.29, 0.717) is 43.5 Å². The van der Waals surface area contributed by atoms with E-state index >= 15 is 0 Å². The summed E-state index contributed by atoms with van der Waals surface area (Å²) in [4.78, 5) is 14.7. The van der Waals surface area contributed by atoms with E-state index in [1.54, 1.807) is 27.9 Å². The van der Waals surface area contributed by atoms with Crippen molar-refractivity contribution in [3.8, 4) is 17.2 Å². The van der Waals surface area contributed by atoms with Gasteiger partial charge in [-0.1, -0.05) is 18.2 Å². The molecule has 0 aliphatic carbocycles. The van der Waals surface area contributed by atoms with Crippen molar-refractivity contribution < 1.29 is 22.7 Å². The van der Waals surface area contributed by atoms with Crippen molar-refractivity contribution in [2.45, 2.75) is 4.90 Å². The number of carbonyl (C=O) groups excluding carboxylic acids is 1. The first kappa shape index (κ1) is 20.5. The van der Waals surface area contributed by atoms with Crippen LogP contribution >= 0.6 is 0 Å². The Balaban J connectivity index is 1.26. The lowest BCUT2D eigenvalue weighted by Crippen LogP contribution is -2.50. The number of aromatic nitrogens is 2. The summed E-state index contributed by atoms with van der Waals surface area (Å²) in [5, 5.41) is 4.38. The third-order valence-electron chi connectivity index (χ3n) is 5.51. The minimum atomic E-state index is -3.70. The highest BCUT2D eigenvalue weighted by atomic mass is 32.2. The Hall–Kier alpha value is -3.37. The Morgan fingerprint density at radius 3 is 2.34 bits per heavy atom. The molecule has 0 atom stereocenters. The van der Waals surface area contributed by atoms with Gasteiger partial charge >= 0.3 is 0 Å². The molecule has 9 nitrogen and oxygen atoms in total. The van der Waals surface area contributed by atoms with Crippen molar-refractivity contribution in [3.63, 3.8) is 0 Å². The highest BCUT2D eigenvalue weighted by Gasteiger charge is 2.32. The lowest BCUT2D eigenvalue weighted by atomic mass is 10.3. The van der Waals surface area contributed by atoms with Crippen LogP contribution in [-0.2, 0) is 10.0 Å². The summed E-state index contributed by atoms with van der Waals surface area (Å²) in [6, 6.07) is 15.8. The van der Waals surface area contributed by atoms with Crippen LogP contribution in [0.25, 0.3) is 5.69 Å². The van der Waals surface area contributed by atoms with Gasteiger partial charge in [0.2, 0.25) is 10.0 Å². The van der Waals surface area contributed by atoms with Gasteiger partial charge in [-0.15, -0.1) is 0 Å². The van der Waals surface area contributed by atoms with Gasteiger partial charge in [0, 0.05) is 38.4 Å². The Morgan fingerprint density at radius 1 is 0.875 bits per heavy atom. The van der Waals surface area contributed by atoms with Crippen molar-refractivity contribution >= 4 is 15.9 Å². The average Bonchev–Trinajstić information content (AvgIpc) is 3.34. The molecule has 1 saturated heterocycles. The molecule has 32 heavy (non-hydrogen) atoms. The van der Waals surface area contributed by atoms with Crippen LogP contribution in [0, 0.1) is 0 Å². The first-order valence-electron chi connectivity index (χ1n) is 10.3. The van der Waals surface area contributed by atoms with Crippen LogP contribution in [0.2, 0.25) is 0 Å². The van der Waals surface area contributed by atoms with Crippen molar-refractivity contribution in [1.82, 2.24) is 19.0 Å². The van der Waals surface area contributed by atoms with E-state index in [0.717, 1.165) is 5.69 Å². The van der Waals surface area contributed by atoms with E-state index in [2.05, 4.69) is 5.10 Å². The van der Waals surface area contributed by atoms with Gasteiger partial charge < -0.3 is 14.4 Å². The number of piperazine rings is 1. The molecule has 0 bridgehead atoms. The largest absolute Gasteiger partial charge is 0.486 e. The average molecular weight is 455 g/mol. The number of hydrogen-bond acceptors (Lipinski definition) is 6. The van der Waals surface area contributed by atoms with Gasteiger partial charge in [-0.2, -0.15) is 9.40 Å². The molecule has 166 valence electrons. The summed E-state index contributed by atoms with van der Waals surface area (Å²) in [5.41, 5.74) is 1.19. The standard InChI is InChI=1S/C22H22N4O5S/c27-22(19-8-9-26(23-19)17-4-2-1-3-5-17)24-10-12-25(13-11-24)32(28,29)18-6-7-20-21(16-18)31-15-14-30-20/h1-9,16H,10-15H2. The minimum Gasteiger partial charge on any atom is -0.486 e. The number of nitrogens with zero attached hydrogens (tertiary/aromatic N) is 4. The van der Waals surface area contributed by atoms with Crippen molar-refractivity contribution in [2.75, 3.05) is 39.4 Å². The van der Waals surface area contributed by atoms with Crippen LogP contribution in [0.5, 0.6) is 11.5 Å². The molecule has 10 heteroatoms. The van der Waals surface area contributed by atoms with E-state index in [4.69, 9.17) is 9.47 Å². The third-order valence-corrected chi connectivity index (χ3v) is 7.40. The molecule has 2 aliphatic rings. The number of ether oxygens (including phenoxy) is 2.